The lowest BCUT2D eigenvalue weighted by atomic mass is 9.90. The van der Waals surface area contributed by atoms with Gasteiger partial charge >= 0.3 is 6.18 Å². The number of anilines is 1. The van der Waals surface area contributed by atoms with Gasteiger partial charge in [-0.3, -0.25) is 4.79 Å². The van der Waals surface area contributed by atoms with E-state index in [0.29, 0.717) is 31.5 Å². The highest BCUT2D eigenvalue weighted by Gasteiger charge is 2.32. The Morgan fingerprint density at radius 1 is 1.33 bits per heavy atom. The number of hydrogen-bond donors (Lipinski definition) is 4. The van der Waals surface area contributed by atoms with Gasteiger partial charge in [-0.25, -0.2) is 15.0 Å². The summed E-state index contributed by atoms with van der Waals surface area (Å²) in [6.45, 7) is 2.15. The Balaban J connectivity index is 1.54. The van der Waals surface area contributed by atoms with Crippen LogP contribution in [-0.4, -0.2) is 72.8 Å². The Hall–Kier alpha value is -3.76. The van der Waals surface area contributed by atoms with Crippen LogP contribution < -0.4 is 5.32 Å². The van der Waals surface area contributed by atoms with Crippen LogP contribution in [0.25, 0.3) is 22.3 Å². The second-order valence-corrected chi connectivity index (χ2v) is 8.68. The number of alkyl halides is 3. The highest BCUT2D eigenvalue weighted by Crippen LogP contribution is 2.35. The molecule has 0 bridgehead atoms. The van der Waals surface area contributed by atoms with Crippen molar-refractivity contribution in [1.29, 1.82) is 5.26 Å². The van der Waals surface area contributed by atoms with Crippen molar-refractivity contribution in [2.45, 2.75) is 38.1 Å². The monoisotopic (exact) mass is 503 g/mol. The van der Waals surface area contributed by atoms with E-state index in [2.05, 4.69) is 25.3 Å². The highest BCUT2D eigenvalue weighted by atomic mass is 19.4. The third-order valence-electron chi connectivity index (χ3n) is 6.40. The van der Waals surface area contributed by atoms with E-state index in [1.54, 1.807) is 0 Å². The molecule has 4 N–H and O–H groups in total. The molecule has 3 aromatic heterocycles. The number of nitrogens with one attached hydrogen (secondary N) is 2. The molecule has 1 amide bonds. The van der Waals surface area contributed by atoms with E-state index in [-0.39, 0.29) is 40.2 Å². The maximum atomic E-state index is 13.2. The van der Waals surface area contributed by atoms with Gasteiger partial charge in [0.15, 0.2) is 6.10 Å². The van der Waals surface area contributed by atoms with E-state index in [4.69, 9.17) is 5.11 Å². The smallest absolute Gasteiger partial charge is 0.393 e. The third-order valence-corrected chi connectivity index (χ3v) is 6.40. The Morgan fingerprint density at radius 3 is 2.69 bits per heavy atom. The number of amides is 1. The molecule has 4 heterocycles. The molecule has 1 fully saturated rings. The molecule has 0 aromatic carbocycles. The van der Waals surface area contributed by atoms with Gasteiger partial charge < -0.3 is 25.4 Å². The normalized spacial score (nSPS) is 16.5. The molecule has 4 rings (SSSR count). The lowest BCUT2D eigenvalue weighted by molar-refractivity contribution is -0.143. The van der Waals surface area contributed by atoms with Gasteiger partial charge in [0.2, 0.25) is 5.95 Å². The second kappa shape index (κ2) is 10.1. The molecule has 1 aliphatic rings. The number of pyridine rings is 1. The number of likely N-dealkylation sites (tertiary alicyclic amines) is 1. The fourth-order valence-corrected chi connectivity index (χ4v) is 4.32. The Morgan fingerprint density at radius 2 is 2.06 bits per heavy atom. The molecule has 1 aliphatic heterocycles. The van der Waals surface area contributed by atoms with Crippen LogP contribution in [-0.2, 0) is 11.0 Å². The quantitative estimate of drug-likeness (QED) is 0.400. The number of piperidine rings is 1. The molecule has 36 heavy (non-hydrogen) atoms. The van der Waals surface area contributed by atoms with Crippen LogP contribution in [0.2, 0.25) is 0 Å². The van der Waals surface area contributed by atoms with Crippen molar-refractivity contribution in [2.24, 2.45) is 5.92 Å². The summed E-state index contributed by atoms with van der Waals surface area (Å²) in [7, 11) is 0. The Kier molecular flexibility index (Phi) is 7.09. The number of aliphatic hydroxyl groups excluding tert-OH is 2. The largest absolute Gasteiger partial charge is 0.417 e. The van der Waals surface area contributed by atoms with Crippen LogP contribution in [0, 0.1) is 17.2 Å². The maximum Gasteiger partial charge on any atom is 0.417 e. The number of fused-ring (bicyclic) bond motifs is 1. The van der Waals surface area contributed by atoms with Crippen molar-refractivity contribution in [1.82, 2.24) is 24.8 Å². The number of aromatic nitrogens is 4. The molecule has 3 aromatic rings. The summed E-state index contributed by atoms with van der Waals surface area (Å²) in [4.78, 5) is 28.9. The van der Waals surface area contributed by atoms with Crippen LogP contribution in [0.4, 0.5) is 19.1 Å². The number of rotatable bonds is 6. The highest BCUT2D eigenvalue weighted by molar-refractivity contribution is 5.94. The Labute approximate surface area is 203 Å². The lowest BCUT2D eigenvalue weighted by Gasteiger charge is -2.35. The van der Waals surface area contributed by atoms with Crippen LogP contribution in [0.5, 0.6) is 0 Å². The molecule has 10 nitrogen and oxygen atoms in total. The van der Waals surface area contributed by atoms with Crippen molar-refractivity contribution < 1.29 is 28.2 Å². The van der Waals surface area contributed by atoms with Crippen LogP contribution in [0.15, 0.2) is 24.7 Å². The maximum absolute atomic E-state index is 13.2. The SMILES string of the molecule is C[C@@H](Nc1ncc(C#N)c(-c2c[nH]c3ncc(C(F)(F)F)cc23)n1)C1CCN(C(=O)C(O)CO)CC1. The van der Waals surface area contributed by atoms with Crippen molar-refractivity contribution in [3.05, 3.63) is 35.8 Å². The first-order chi connectivity index (χ1) is 17.1. The summed E-state index contributed by atoms with van der Waals surface area (Å²) >= 11 is 0. The van der Waals surface area contributed by atoms with Crippen molar-refractivity contribution in [3.63, 3.8) is 0 Å². The lowest BCUT2D eigenvalue weighted by Crippen LogP contribution is -2.47. The zero-order valence-corrected chi connectivity index (χ0v) is 19.2. The van der Waals surface area contributed by atoms with Gasteiger partial charge in [-0.05, 0) is 31.7 Å². The molecule has 2 atom stereocenters. The number of hydrogen-bond acceptors (Lipinski definition) is 8. The molecule has 1 unspecified atom stereocenters. The molecule has 0 aliphatic carbocycles. The van der Waals surface area contributed by atoms with Gasteiger partial charge in [-0.15, -0.1) is 0 Å². The number of halogens is 3. The number of aliphatic hydroxyl groups is 2. The summed E-state index contributed by atoms with van der Waals surface area (Å²) in [5, 5.41) is 31.5. The number of carbonyl (C=O) groups excluding carboxylic acids is 1. The summed E-state index contributed by atoms with van der Waals surface area (Å²) in [6, 6.07) is 2.83. The fraction of sp³-hybridized carbons (Fsp3) is 0.435. The zero-order chi connectivity index (χ0) is 26.0. The number of nitriles is 1. The Bertz CT molecular complexity index is 1300. The van der Waals surface area contributed by atoms with Gasteiger partial charge in [0.05, 0.1) is 29.6 Å². The predicted molar refractivity (Wildman–Crippen MR) is 122 cm³/mol. The third kappa shape index (κ3) is 5.09. The summed E-state index contributed by atoms with van der Waals surface area (Å²) in [5.41, 5.74) is -0.107. The number of aromatic amines is 1. The van der Waals surface area contributed by atoms with E-state index >= 15 is 0 Å². The topological polar surface area (TPSA) is 151 Å². The fourth-order valence-electron chi connectivity index (χ4n) is 4.32. The summed E-state index contributed by atoms with van der Waals surface area (Å²) in [6.07, 6.45) is -1.18. The van der Waals surface area contributed by atoms with Crippen molar-refractivity contribution in [2.75, 3.05) is 25.0 Å². The van der Waals surface area contributed by atoms with Gasteiger partial charge in [0.25, 0.3) is 5.91 Å². The van der Waals surface area contributed by atoms with Crippen LogP contribution in [0.1, 0.15) is 30.9 Å². The number of carbonyl (C=O) groups is 1. The molecule has 1 saturated heterocycles. The van der Waals surface area contributed by atoms with E-state index < -0.39 is 30.4 Å². The molecular weight excluding hydrogens is 479 g/mol. The average Bonchev–Trinajstić information content (AvgIpc) is 3.30. The molecule has 0 radical (unpaired) electrons. The van der Waals surface area contributed by atoms with Gasteiger partial charge in [0, 0.05) is 42.5 Å². The van der Waals surface area contributed by atoms with E-state index in [9.17, 15) is 28.3 Å². The summed E-state index contributed by atoms with van der Waals surface area (Å²) in [5.74, 6) is -0.145. The van der Waals surface area contributed by atoms with Crippen LogP contribution >= 0.6 is 0 Å². The minimum Gasteiger partial charge on any atom is -0.393 e. The van der Waals surface area contributed by atoms with Crippen molar-refractivity contribution in [3.8, 4) is 17.3 Å². The first-order valence-corrected chi connectivity index (χ1v) is 11.3. The van der Waals surface area contributed by atoms with Crippen LogP contribution in [0.3, 0.4) is 0 Å². The number of nitrogens with zero attached hydrogens (tertiary/aromatic N) is 5. The molecule has 13 heteroatoms. The van der Waals surface area contributed by atoms with E-state index in [1.165, 1.54) is 17.3 Å². The van der Waals surface area contributed by atoms with E-state index in [1.807, 2.05) is 13.0 Å². The molecule has 0 saturated carbocycles. The minimum atomic E-state index is -4.57. The van der Waals surface area contributed by atoms with Gasteiger partial charge in [0.1, 0.15) is 11.7 Å². The minimum absolute atomic E-state index is 0.0979. The second-order valence-electron chi connectivity index (χ2n) is 8.68. The molecular formula is C23H24F3N7O3. The number of H-pyrrole nitrogens is 1. The van der Waals surface area contributed by atoms with Gasteiger partial charge in [-0.1, -0.05) is 0 Å². The average molecular weight is 503 g/mol. The van der Waals surface area contributed by atoms with Gasteiger partial charge in [-0.2, -0.15) is 18.4 Å². The first kappa shape index (κ1) is 25.3. The first-order valence-electron chi connectivity index (χ1n) is 11.3. The molecule has 0 spiro atoms. The van der Waals surface area contributed by atoms with Crippen molar-refractivity contribution >= 4 is 22.9 Å². The molecule has 190 valence electrons. The zero-order valence-electron chi connectivity index (χ0n) is 19.2. The predicted octanol–water partition coefficient (Wildman–Crippen LogP) is 2.30. The standard InChI is InChI=1S/C23H24F3N7O3/c1-12(13-2-4-33(5-3-13)21(36)18(35)11-34)31-22-30-8-14(7-27)19(32-22)17-10-29-20-16(17)6-15(9-28-20)23(24,25)26/h6,8-10,12-13,18,34-35H,2-5,11H2,1H3,(H,28,29)(H,30,31,32)/t12-,18?/m1/s1. The van der Waals surface area contributed by atoms with E-state index in [0.717, 1.165) is 12.3 Å². The summed E-state index contributed by atoms with van der Waals surface area (Å²) < 4.78 is 39.7.